The first-order chi connectivity index (χ1) is 9.78. The molecule has 20 heavy (non-hydrogen) atoms. The van der Waals surface area contributed by atoms with Crippen LogP contribution in [-0.2, 0) is 0 Å². The summed E-state index contributed by atoms with van der Waals surface area (Å²) >= 11 is 6.14. The Morgan fingerprint density at radius 1 is 1.45 bits per heavy atom. The second kappa shape index (κ2) is 5.94. The lowest BCUT2D eigenvalue weighted by Gasteiger charge is -2.34. The number of hydrogen-bond donors (Lipinski definition) is 1. The molecule has 1 atom stereocenters. The summed E-state index contributed by atoms with van der Waals surface area (Å²) in [6, 6.07) is 5.83. The van der Waals surface area contributed by atoms with E-state index < -0.39 is 0 Å². The van der Waals surface area contributed by atoms with Crippen LogP contribution in [0.2, 0.25) is 5.15 Å². The molecule has 4 nitrogen and oxygen atoms in total. The van der Waals surface area contributed by atoms with Gasteiger partial charge in [0, 0.05) is 30.7 Å². The summed E-state index contributed by atoms with van der Waals surface area (Å²) in [5.41, 5.74) is 6.60. The molecule has 3 heterocycles. The quantitative estimate of drug-likeness (QED) is 0.883. The Kier molecular flexibility index (Phi) is 4.03. The summed E-state index contributed by atoms with van der Waals surface area (Å²) in [6.45, 7) is 2.79. The van der Waals surface area contributed by atoms with Crippen LogP contribution in [0.25, 0.3) is 10.9 Å². The number of anilines is 1. The van der Waals surface area contributed by atoms with Crippen molar-refractivity contribution >= 4 is 28.3 Å². The van der Waals surface area contributed by atoms with Crippen molar-refractivity contribution in [1.29, 1.82) is 0 Å². The molecular formula is C15H19ClN4. The molecule has 1 aliphatic rings. The van der Waals surface area contributed by atoms with Crippen LogP contribution >= 0.6 is 11.6 Å². The van der Waals surface area contributed by atoms with E-state index in [1.54, 1.807) is 6.20 Å². The van der Waals surface area contributed by atoms with E-state index in [0.29, 0.717) is 11.1 Å². The van der Waals surface area contributed by atoms with E-state index in [9.17, 15) is 0 Å². The van der Waals surface area contributed by atoms with E-state index in [1.807, 2.05) is 12.1 Å². The van der Waals surface area contributed by atoms with Gasteiger partial charge in [-0.1, -0.05) is 11.6 Å². The van der Waals surface area contributed by atoms with Gasteiger partial charge in [0.05, 0.1) is 5.52 Å². The van der Waals surface area contributed by atoms with E-state index in [4.69, 9.17) is 17.3 Å². The van der Waals surface area contributed by atoms with E-state index in [-0.39, 0.29) is 0 Å². The molecular weight excluding hydrogens is 272 g/mol. The molecule has 0 bridgehead atoms. The van der Waals surface area contributed by atoms with E-state index >= 15 is 0 Å². The maximum atomic E-state index is 6.14. The lowest BCUT2D eigenvalue weighted by molar-refractivity contribution is 0.395. The number of nitrogens with two attached hydrogens (primary N) is 1. The molecule has 3 rings (SSSR count). The molecule has 0 aliphatic carbocycles. The Bertz CT molecular complexity index is 599. The van der Waals surface area contributed by atoms with Crippen LogP contribution in [-0.4, -0.2) is 29.6 Å². The highest BCUT2D eigenvalue weighted by molar-refractivity contribution is 6.30. The van der Waals surface area contributed by atoms with Gasteiger partial charge < -0.3 is 10.6 Å². The van der Waals surface area contributed by atoms with Crippen molar-refractivity contribution in [1.82, 2.24) is 9.97 Å². The topological polar surface area (TPSA) is 55.0 Å². The minimum absolute atomic E-state index is 0.507. The number of piperidine rings is 1. The average Bonchev–Trinajstić information content (AvgIpc) is 2.47. The lowest BCUT2D eigenvalue weighted by Crippen LogP contribution is -2.36. The Labute approximate surface area is 124 Å². The van der Waals surface area contributed by atoms with Crippen molar-refractivity contribution in [3.63, 3.8) is 0 Å². The largest absolute Gasteiger partial charge is 0.356 e. The minimum atomic E-state index is 0.507. The molecule has 1 saturated heterocycles. The highest BCUT2D eigenvalue weighted by atomic mass is 35.5. The van der Waals surface area contributed by atoms with Crippen molar-refractivity contribution in [2.45, 2.75) is 19.3 Å². The predicted octanol–water partition coefficient (Wildman–Crippen LogP) is 2.85. The summed E-state index contributed by atoms with van der Waals surface area (Å²) in [6.07, 6.45) is 5.30. The molecule has 0 radical (unpaired) electrons. The molecule has 1 fully saturated rings. The van der Waals surface area contributed by atoms with E-state index in [1.165, 1.54) is 12.8 Å². The number of fused-ring (bicyclic) bond motifs is 1. The van der Waals surface area contributed by atoms with Crippen LogP contribution < -0.4 is 10.6 Å². The number of hydrogen-bond acceptors (Lipinski definition) is 4. The molecule has 2 N–H and O–H groups in total. The van der Waals surface area contributed by atoms with Gasteiger partial charge >= 0.3 is 0 Å². The number of rotatable bonds is 3. The van der Waals surface area contributed by atoms with Crippen LogP contribution in [0, 0.1) is 5.92 Å². The third-order valence-electron chi connectivity index (χ3n) is 3.94. The van der Waals surface area contributed by atoms with Gasteiger partial charge in [0.25, 0.3) is 0 Å². The van der Waals surface area contributed by atoms with Gasteiger partial charge in [-0.15, -0.1) is 0 Å². The monoisotopic (exact) mass is 290 g/mol. The standard InChI is InChI=1S/C15H19ClN4/c16-14-9-13-12(4-1-7-18-13)15(19-14)20-8-2-3-11(10-20)5-6-17/h1,4,7,9,11H,2-3,5-6,8,10,17H2. The van der Waals surface area contributed by atoms with Crippen molar-refractivity contribution in [2.24, 2.45) is 11.7 Å². The first kappa shape index (κ1) is 13.6. The fourth-order valence-corrected chi connectivity index (χ4v) is 3.18. The minimum Gasteiger partial charge on any atom is -0.356 e. The molecule has 0 aromatic carbocycles. The van der Waals surface area contributed by atoms with Crippen molar-refractivity contribution in [2.75, 3.05) is 24.5 Å². The summed E-state index contributed by atoms with van der Waals surface area (Å²) in [4.78, 5) is 11.3. The predicted molar refractivity (Wildman–Crippen MR) is 83.2 cm³/mol. The second-order valence-corrected chi connectivity index (χ2v) is 5.76. The highest BCUT2D eigenvalue weighted by Gasteiger charge is 2.22. The number of halogens is 1. The summed E-state index contributed by atoms with van der Waals surface area (Å²) in [5.74, 6) is 1.61. The fourth-order valence-electron chi connectivity index (χ4n) is 3.00. The Hall–Kier alpha value is -1.39. The highest BCUT2D eigenvalue weighted by Crippen LogP contribution is 2.30. The Morgan fingerprint density at radius 2 is 2.35 bits per heavy atom. The van der Waals surface area contributed by atoms with Crippen LogP contribution in [0.5, 0.6) is 0 Å². The van der Waals surface area contributed by atoms with Gasteiger partial charge in [-0.25, -0.2) is 4.98 Å². The van der Waals surface area contributed by atoms with Crippen LogP contribution in [0.15, 0.2) is 24.4 Å². The van der Waals surface area contributed by atoms with E-state index in [0.717, 1.165) is 42.8 Å². The number of pyridine rings is 2. The molecule has 106 valence electrons. The Balaban J connectivity index is 1.96. The molecule has 1 unspecified atom stereocenters. The number of aromatic nitrogens is 2. The first-order valence-electron chi connectivity index (χ1n) is 7.14. The normalized spacial score (nSPS) is 19.5. The molecule has 2 aromatic rings. The smallest absolute Gasteiger partial charge is 0.139 e. The molecule has 0 spiro atoms. The third kappa shape index (κ3) is 2.72. The molecule has 1 aliphatic heterocycles. The van der Waals surface area contributed by atoms with Gasteiger partial charge in [0.15, 0.2) is 0 Å². The zero-order valence-corrected chi connectivity index (χ0v) is 12.2. The molecule has 5 heteroatoms. The first-order valence-corrected chi connectivity index (χ1v) is 7.52. The zero-order chi connectivity index (χ0) is 13.9. The molecule has 0 saturated carbocycles. The zero-order valence-electron chi connectivity index (χ0n) is 11.4. The van der Waals surface area contributed by atoms with Crippen LogP contribution in [0.3, 0.4) is 0 Å². The fraction of sp³-hybridized carbons (Fsp3) is 0.467. The maximum absolute atomic E-state index is 6.14. The van der Waals surface area contributed by atoms with Crippen LogP contribution in [0.4, 0.5) is 5.82 Å². The summed E-state index contributed by atoms with van der Waals surface area (Å²) in [7, 11) is 0. The summed E-state index contributed by atoms with van der Waals surface area (Å²) in [5, 5.41) is 1.58. The third-order valence-corrected chi connectivity index (χ3v) is 4.14. The summed E-state index contributed by atoms with van der Waals surface area (Å²) < 4.78 is 0. The average molecular weight is 291 g/mol. The second-order valence-electron chi connectivity index (χ2n) is 5.37. The van der Waals surface area contributed by atoms with Crippen molar-refractivity contribution in [3.8, 4) is 0 Å². The van der Waals surface area contributed by atoms with Crippen molar-refractivity contribution < 1.29 is 0 Å². The van der Waals surface area contributed by atoms with Gasteiger partial charge in [-0.2, -0.15) is 0 Å². The van der Waals surface area contributed by atoms with Gasteiger partial charge in [0.2, 0.25) is 0 Å². The van der Waals surface area contributed by atoms with Crippen LogP contribution in [0.1, 0.15) is 19.3 Å². The van der Waals surface area contributed by atoms with E-state index in [2.05, 4.69) is 20.9 Å². The van der Waals surface area contributed by atoms with Gasteiger partial charge in [-0.05, 0) is 43.9 Å². The number of nitrogens with zero attached hydrogens (tertiary/aromatic N) is 3. The van der Waals surface area contributed by atoms with Crippen molar-refractivity contribution in [3.05, 3.63) is 29.5 Å². The Morgan fingerprint density at radius 3 is 3.20 bits per heavy atom. The van der Waals surface area contributed by atoms with Gasteiger partial charge in [-0.3, -0.25) is 4.98 Å². The maximum Gasteiger partial charge on any atom is 0.139 e. The molecule has 0 amide bonds. The molecule has 2 aromatic heterocycles. The van der Waals surface area contributed by atoms with Gasteiger partial charge in [0.1, 0.15) is 11.0 Å². The SMILES string of the molecule is NCCC1CCCN(c2nc(Cl)cc3ncccc23)C1. The lowest BCUT2D eigenvalue weighted by atomic mass is 9.94.